The number of nitrogens with one attached hydrogen (secondary N) is 1. The molecule has 1 aromatic heterocycles. The minimum absolute atomic E-state index is 0.0213. The predicted molar refractivity (Wildman–Crippen MR) is 86.2 cm³/mol. The minimum atomic E-state index is -4.75. The zero-order valence-electron chi connectivity index (χ0n) is 13.1. The molecule has 2 rings (SSSR count). The standard InChI is InChI=1S/C16H17F3N2O2S/c1-21(2)14(12-7-8-24-10-12)9-20-15(22)11-3-5-13(6-4-11)23-16(17,18)19/h3-8,10,14H,9H2,1-2H3,(H,20,22). The lowest BCUT2D eigenvalue weighted by molar-refractivity contribution is -0.274. The fourth-order valence-electron chi connectivity index (χ4n) is 2.16. The third-order valence-electron chi connectivity index (χ3n) is 3.36. The van der Waals surface area contributed by atoms with Crippen LogP contribution in [0.4, 0.5) is 13.2 Å². The molecule has 1 unspecified atom stereocenters. The molecule has 0 aliphatic heterocycles. The van der Waals surface area contributed by atoms with E-state index >= 15 is 0 Å². The molecular formula is C16H17F3N2O2S. The number of hydrogen-bond acceptors (Lipinski definition) is 4. The Labute approximate surface area is 141 Å². The largest absolute Gasteiger partial charge is 0.573 e. The monoisotopic (exact) mass is 358 g/mol. The minimum Gasteiger partial charge on any atom is -0.406 e. The van der Waals surface area contributed by atoms with Gasteiger partial charge in [-0.2, -0.15) is 11.3 Å². The molecule has 130 valence electrons. The fourth-order valence-corrected chi connectivity index (χ4v) is 2.87. The van der Waals surface area contributed by atoms with Crippen LogP contribution in [-0.4, -0.2) is 37.8 Å². The van der Waals surface area contributed by atoms with E-state index < -0.39 is 6.36 Å². The first kappa shape index (κ1) is 18.3. The Kier molecular flexibility index (Phi) is 5.84. The molecule has 1 atom stereocenters. The molecule has 0 radical (unpaired) electrons. The number of nitrogens with zero attached hydrogens (tertiary/aromatic N) is 1. The average Bonchev–Trinajstić information content (AvgIpc) is 3.00. The number of halogens is 3. The molecule has 1 amide bonds. The van der Waals surface area contributed by atoms with Gasteiger partial charge in [-0.05, 0) is 60.8 Å². The number of likely N-dealkylation sites (N-methyl/N-ethyl adjacent to an activating group) is 1. The first-order chi connectivity index (χ1) is 11.3. The van der Waals surface area contributed by atoms with Gasteiger partial charge in [0.1, 0.15) is 5.75 Å². The summed E-state index contributed by atoms with van der Waals surface area (Å²) < 4.78 is 40.1. The fraction of sp³-hybridized carbons (Fsp3) is 0.312. The van der Waals surface area contributed by atoms with Crippen molar-refractivity contribution in [1.82, 2.24) is 10.2 Å². The van der Waals surface area contributed by atoms with Gasteiger partial charge in [-0.1, -0.05) is 0 Å². The molecule has 0 saturated carbocycles. The molecule has 2 aromatic rings. The van der Waals surface area contributed by atoms with Crippen molar-refractivity contribution in [3.8, 4) is 5.75 Å². The Morgan fingerprint density at radius 3 is 2.42 bits per heavy atom. The van der Waals surface area contributed by atoms with Crippen LogP contribution in [0.3, 0.4) is 0 Å². The van der Waals surface area contributed by atoms with Gasteiger partial charge in [-0.25, -0.2) is 0 Å². The number of rotatable bonds is 6. The Hall–Kier alpha value is -2.06. The molecule has 4 nitrogen and oxygen atoms in total. The zero-order valence-corrected chi connectivity index (χ0v) is 13.9. The maximum Gasteiger partial charge on any atom is 0.573 e. The van der Waals surface area contributed by atoms with Crippen LogP contribution in [0, 0.1) is 0 Å². The molecule has 24 heavy (non-hydrogen) atoms. The van der Waals surface area contributed by atoms with Gasteiger partial charge in [0, 0.05) is 12.1 Å². The zero-order chi connectivity index (χ0) is 17.7. The number of alkyl halides is 3. The van der Waals surface area contributed by atoms with Gasteiger partial charge in [-0.3, -0.25) is 4.79 Å². The van der Waals surface area contributed by atoms with Crippen LogP contribution in [0.25, 0.3) is 0 Å². The highest BCUT2D eigenvalue weighted by atomic mass is 32.1. The Bertz CT molecular complexity index is 655. The van der Waals surface area contributed by atoms with Crippen molar-refractivity contribution in [2.45, 2.75) is 12.4 Å². The van der Waals surface area contributed by atoms with Crippen LogP contribution in [0.15, 0.2) is 41.1 Å². The average molecular weight is 358 g/mol. The second-order valence-corrected chi connectivity index (χ2v) is 6.10. The van der Waals surface area contributed by atoms with Crippen LogP contribution in [0.5, 0.6) is 5.75 Å². The van der Waals surface area contributed by atoms with E-state index in [1.807, 2.05) is 35.8 Å². The second-order valence-electron chi connectivity index (χ2n) is 5.32. The Balaban J connectivity index is 1.96. The third kappa shape index (κ3) is 5.24. The topological polar surface area (TPSA) is 41.6 Å². The second kappa shape index (κ2) is 7.67. The van der Waals surface area contributed by atoms with Gasteiger partial charge in [0.2, 0.25) is 0 Å². The Morgan fingerprint density at radius 1 is 1.25 bits per heavy atom. The molecule has 8 heteroatoms. The van der Waals surface area contributed by atoms with Crippen molar-refractivity contribution in [3.05, 3.63) is 52.2 Å². The number of carbonyl (C=O) groups is 1. The van der Waals surface area contributed by atoms with Gasteiger partial charge in [-0.15, -0.1) is 13.2 Å². The van der Waals surface area contributed by atoms with Gasteiger partial charge >= 0.3 is 6.36 Å². The van der Waals surface area contributed by atoms with Crippen LogP contribution >= 0.6 is 11.3 Å². The summed E-state index contributed by atoms with van der Waals surface area (Å²) in [6.45, 7) is 0.392. The lowest BCUT2D eigenvalue weighted by Gasteiger charge is -2.24. The molecule has 1 aromatic carbocycles. The van der Waals surface area contributed by atoms with Gasteiger partial charge in [0.05, 0.1) is 6.04 Å². The molecule has 1 heterocycles. The lowest BCUT2D eigenvalue weighted by atomic mass is 10.1. The van der Waals surface area contributed by atoms with Crippen molar-refractivity contribution in [2.75, 3.05) is 20.6 Å². The summed E-state index contributed by atoms with van der Waals surface area (Å²) in [7, 11) is 3.83. The summed E-state index contributed by atoms with van der Waals surface area (Å²) >= 11 is 1.58. The van der Waals surface area contributed by atoms with Crippen LogP contribution in [0.1, 0.15) is 22.0 Å². The number of amides is 1. The first-order valence-corrected chi connectivity index (χ1v) is 8.03. The van der Waals surface area contributed by atoms with Gasteiger partial charge < -0.3 is 15.0 Å². The maximum atomic E-state index is 12.1. The number of thiophene rings is 1. The van der Waals surface area contributed by atoms with E-state index in [4.69, 9.17) is 0 Å². The highest BCUT2D eigenvalue weighted by Crippen LogP contribution is 2.23. The van der Waals surface area contributed by atoms with Crippen molar-refractivity contribution >= 4 is 17.2 Å². The number of benzene rings is 1. The molecule has 0 saturated heterocycles. The van der Waals surface area contributed by atoms with E-state index in [9.17, 15) is 18.0 Å². The van der Waals surface area contributed by atoms with Crippen LogP contribution in [0.2, 0.25) is 0 Å². The summed E-state index contributed by atoms with van der Waals surface area (Å²) in [4.78, 5) is 14.1. The summed E-state index contributed by atoms with van der Waals surface area (Å²) in [5.74, 6) is -0.709. The normalized spacial score (nSPS) is 12.9. The van der Waals surface area contributed by atoms with E-state index in [-0.39, 0.29) is 23.3 Å². The molecule has 0 aliphatic rings. The summed E-state index contributed by atoms with van der Waals surface area (Å²) in [6, 6.07) is 6.84. The first-order valence-electron chi connectivity index (χ1n) is 7.09. The van der Waals surface area contributed by atoms with E-state index in [1.54, 1.807) is 11.3 Å². The van der Waals surface area contributed by atoms with E-state index in [1.165, 1.54) is 12.1 Å². The molecule has 0 bridgehead atoms. The molecule has 1 N–H and O–H groups in total. The summed E-state index contributed by atoms with van der Waals surface area (Å²) in [5.41, 5.74) is 1.37. The number of carbonyl (C=O) groups excluding carboxylic acids is 1. The van der Waals surface area contributed by atoms with Gasteiger partial charge in [0.15, 0.2) is 0 Å². The van der Waals surface area contributed by atoms with Crippen molar-refractivity contribution < 1.29 is 22.7 Å². The quantitative estimate of drug-likeness (QED) is 0.857. The van der Waals surface area contributed by atoms with E-state index in [0.29, 0.717) is 6.54 Å². The lowest BCUT2D eigenvalue weighted by Crippen LogP contribution is -2.34. The SMILES string of the molecule is CN(C)C(CNC(=O)c1ccc(OC(F)(F)F)cc1)c1ccsc1. The van der Waals surface area contributed by atoms with E-state index in [0.717, 1.165) is 17.7 Å². The summed E-state index contributed by atoms with van der Waals surface area (Å²) in [5, 5.41) is 6.78. The van der Waals surface area contributed by atoms with Crippen LogP contribution in [-0.2, 0) is 0 Å². The maximum absolute atomic E-state index is 12.1. The molecule has 0 fully saturated rings. The molecule has 0 aliphatic carbocycles. The predicted octanol–water partition coefficient (Wildman–Crippen LogP) is 3.68. The highest BCUT2D eigenvalue weighted by Gasteiger charge is 2.31. The van der Waals surface area contributed by atoms with Gasteiger partial charge in [0.25, 0.3) is 5.91 Å². The molecule has 0 spiro atoms. The van der Waals surface area contributed by atoms with Crippen LogP contribution < -0.4 is 10.1 Å². The van der Waals surface area contributed by atoms with Crippen molar-refractivity contribution in [2.24, 2.45) is 0 Å². The van der Waals surface area contributed by atoms with Crippen molar-refractivity contribution in [3.63, 3.8) is 0 Å². The third-order valence-corrected chi connectivity index (χ3v) is 4.06. The van der Waals surface area contributed by atoms with E-state index in [2.05, 4.69) is 10.1 Å². The number of ether oxygens (including phenoxy) is 1. The summed E-state index contributed by atoms with van der Waals surface area (Å²) in [6.07, 6.45) is -4.75. The Morgan fingerprint density at radius 2 is 1.92 bits per heavy atom. The highest BCUT2D eigenvalue weighted by molar-refractivity contribution is 7.07. The number of hydrogen-bond donors (Lipinski definition) is 1. The smallest absolute Gasteiger partial charge is 0.406 e. The van der Waals surface area contributed by atoms with Crippen molar-refractivity contribution in [1.29, 1.82) is 0 Å². The molecular weight excluding hydrogens is 341 g/mol.